The van der Waals surface area contributed by atoms with Crippen LogP contribution in [-0.2, 0) is 14.4 Å². The molecule has 1 atom stereocenters. The molecule has 2 saturated heterocycles. The van der Waals surface area contributed by atoms with E-state index in [1.165, 1.54) is 6.07 Å². The van der Waals surface area contributed by atoms with E-state index < -0.39 is 41.3 Å². The average Bonchev–Trinajstić information content (AvgIpc) is 2.94. The summed E-state index contributed by atoms with van der Waals surface area (Å²) in [5.74, 6) is -3.93. The molecule has 1 aromatic carbocycles. The molecule has 3 aliphatic rings. The number of aliphatic carboxylic acids is 1. The second-order valence-corrected chi connectivity index (χ2v) is 7.40. The van der Waals surface area contributed by atoms with Crippen molar-refractivity contribution in [3.05, 3.63) is 29.3 Å². The Morgan fingerprint density at radius 2 is 1.83 bits per heavy atom. The van der Waals surface area contributed by atoms with Crippen LogP contribution in [0.1, 0.15) is 46.4 Å². The average molecular weight is 403 g/mol. The normalized spacial score (nSPS) is 23.8. The Balaban J connectivity index is 1.63. The van der Waals surface area contributed by atoms with E-state index in [9.17, 15) is 28.4 Å². The summed E-state index contributed by atoms with van der Waals surface area (Å²) in [6, 6.07) is 3.61. The number of fused-ring (bicyclic) bond motifs is 1. The molecular weight excluding hydrogens is 385 g/mol. The Labute approximate surface area is 164 Å². The first-order valence-corrected chi connectivity index (χ1v) is 9.25. The molecule has 29 heavy (non-hydrogen) atoms. The number of carbonyl (C=O) groups is 5. The number of carbonyl (C=O) groups excluding carboxylic acids is 4. The lowest BCUT2D eigenvalue weighted by molar-refractivity contribution is -0.152. The molecule has 10 heteroatoms. The number of alkyl halides is 1. The highest BCUT2D eigenvalue weighted by Crippen LogP contribution is 2.37. The van der Waals surface area contributed by atoms with Crippen molar-refractivity contribution in [2.45, 2.75) is 37.4 Å². The number of amides is 4. The number of hydrogen-bond donors (Lipinski definition) is 2. The number of carboxylic acids is 1. The number of imide groups is 2. The first-order valence-electron chi connectivity index (χ1n) is 9.25. The van der Waals surface area contributed by atoms with Crippen LogP contribution in [0.25, 0.3) is 0 Å². The van der Waals surface area contributed by atoms with Gasteiger partial charge in [-0.2, -0.15) is 0 Å². The van der Waals surface area contributed by atoms with Gasteiger partial charge in [0, 0.05) is 32.4 Å². The third kappa shape index (κ3) is 2.95. The summed E-state index contributed by atoms with van der Waals surface area (Å²) < 4.78 is 14.3. The van der Waals surface area contributed by atoms with Crippen LogP contribution >= 0.6 is 0 Å². The summed E-state index contributed by atoms with van der Waals surface area (Å²) in [4.78, 5) is 63.1. The van der Waals surface area contributed by atoms with Crippen molar-refractivity contribution in [1.82, 2.24) is 10.2 Å². The molecule has 3 aliphatic heterocycles. The quantitative estimate of drug-likeness (QED) is 0.704. The highest BCUT2D eigenvalue weighted by atomic mass is 19.1. The summed E-state index contributed by atoms with van der Waals surface area (Å²) in [7, 11) is 0. The SMILES string of the molecule is O=C1CCC(N2C(=O)c3cccc(N4CCC(F)(C(=O)O)CC4)c3C2=O)C(=O)N1. The largest absolute Gasteiger partial charge is 0.479 e. The molecule has 4 amide bonds. The van der Waals surface area contributed by atoms with E-state index in [0.717, 1.165) is 4.90 Å². The summed E-state index contributed by atoms with van der Waals surface area (Å²) >= 11 is 0. The second kappa shape index (κ2) is 6.64. The number of benzene rings is 1. The van der Waals surface area contributed by atoms with Gasteiger partial charge in [0.25, 0.3) is 11.8 Å². The second-order valence-electron chi connectivity index (χ2n) is 7.40. The minimum absolute atomic E-state index is 0.0244. The maximum absolute atomic E-state index is 14.3. The fourth-order valence-electron chi connectivity index (χ4n) is 4.08. The van der Waals surface area contributed by atoms with Gasteiger partial charge in [0.1, 0.15) is 6.04 Å². The Morgan fingerprint density at radius 1 is 1.14 bits per heavy atom. The fourth-order valence-corrected chi connectivity index (χ4v) is 4.08. The molecule has 0 saturated carbocycles. The maximum atomic E-state index is 14.3. The van der Waals surface area contributed by atoms with Crippen LogP contribution in [0, 0.1) is 0 Å². The number of rotatable bonds is 3. The zero-order valence-corrected chi connectivity index (χ0v) is 15.3. The van der Waals surface area contributed by atoms with Crippen molar-refractivity contribution < 1.29 is 33.5 Å². The van der Waals surface area contributed by atoms with Crippen LogP contribution in [0.5, 0.6) is 0 Å². The van der Waals surface area contributed by atoms with Gasteiger partial charge >= 0.3 is 5.97 Å². The molecule has 1 unspecified atom stereocenters. The minimum atomic E-state index is -2.31. The van der Waals surface area contributed by atoms with Crippen LogP contribution in [-0.4, -0.2) is 64.4 Å². The lowest BCUT2D eigenvalue weighted by atomic mass is 9.92. The Bertz CT molecular complexity index is 953. The van der Waals surface area contributed by atoms with Crippen molar-refractivity contribution >= 4 is 35.3 Å². The van der Waals surface area contributed by atoms with Gasteiger partial charge in [0.15, 0.2) is 0 Å². The monoisotopic (exact) mass is 403 g/mol. The summed E-state index contributed by atoms with van der Waals surface area (Å²) in [6.45, 7) is 0.137. The summed E-state index contributed by atoms with van der Waals surface area (Å²) in [5.41, 5.74) is -1.66. The Hall–Kier alpha value is -3.30. The first-order chi connectivity index (χ1) is 13.7. The van der Waals surface area contributed by atoms with Crippen molar-refractivity contribution in [1.29, 1.82) is 0 Å². The topological polar surface area (TPSA) is 124 Å². The third-order valence-corrected chi connectivity index (χ3v) is 5.73. The number of nitrogens with one attached hydrogen (secondary N) is 1. The van der Waals surface area contributed by atoms with E-state index in [1.807, 2.05) is 0 Å². The maximum Gasteiger partial charge on any atom is 0.341 e. The highest BCUT2D eigenvalue weighted by Gasteiger charge is 2.47. The standard InChI is InChI=1S/C19H18FN3O6/c20-19(18(28)29)6-8-22(9-7-19)11-3-1-2-10-14(11)17(27)23(16(10)26)12-4-5-13(24)21-15(12)25/h1-3,12H,4-9H2,(H,28,29)(H,21,24,25). The lowest BCUT2D eigenvalue weighted by Crippen LogP contribution is -2.54. The molecule has 0 aliphatic carbocycles. The van der Waals surface area contributed by atoms with E-state index in [1.54, 1.807) is 17.0 Å². The third-order valence-electron chi connectivity index (χ3n) is 5.73. The number of halogens is 1. The first kappa shape index (κ1) is 19.0. The summed E-state index contributed by atoms with van der Waals surface area (Å²) in [6.07, 6.45) is -0.412. The molecule has 152 valence electrons. The number of anilines is 1. The zero-order chi connectivity index (χ0) is 20.9. The number of piperidine rings is 2. The Morgan fingerprint density at radius 3 is 2.45 bits per heavy atom. The number of carboxylic acid groups (broad SMARTS) is 1. The van der Waals surface area contributed by atoms with Crippen LogP contribution in [0.15, 0.2) is 18.2 Å². The number of nitrogens with zero attached hydrogens (tertiary/aromatic N) is 2. The van der Waals surface area contributed by atoms with Crippen LogP contribution in [0.2, 0.25) is 0 Å². The molecule has 0 spiro atoms. The van der Waals surface area contributed by atoms with Gasteiger partial charge in [0.05, 0.1) is 16.8 Å². The molecule has 1 aromatic rings. The van der Waals surface area contributed by atoms with Crippen molar-refractivity contribution in [2.24, 2.45) is 0 Å². The lowest BCUT2D eigenvalue weighted by Gasteiger charge is -2.36. The zero-order valence-electron chi connectivity index (χ0n) is 15.3. The Kier molecular flexibility index (Phi) is 4.36. The predicted molar refractivity (Wildman–Crippen MR) is 96.0 cm³/mol. The van der Waals surface area contributed by atoms with Gasteiger partial charge in [0.2, 0.25) is 17.5 Å². The van der Waals surface area contributed by atoms with Crippen molar-refractivity contribution in [3.63, 3.8) is 0 Å². The molecular formula is C19H18FN3O6. The van der Waals surface area contributed by atoms with Crippen LogP contribution < -0.4 is 10.2 Å². The molecule has 9 nitrogen and oxygen atoms in total. The van der Waals surface area contributed by atoms with E-state index >= 15 is 0 Å². The molecule has 0 bridgehead atoms. The van der Waals surface area contributed by atoms with Gasteiger partial charge < -0.3 is 10.0 Å². The van der Waals surface area contributed by atoms with Gasteiger partial charge in [-0.05, 0) is 18.6 Å². The van der Waals surface area contributed by atoms with E-state index in [-0.39, 0.29) is 49.9 Å². The van der Waals surface area contributed by atoms with Gasteiger partial charge in [-0.1, -0.05) is 6.07 Å². The molecule has 3 heterocycles. The highest BCUT2D eigenvalue weighted by molar-refractivity contribution is 6.25. The van der Waals surface area contributed by atoms with Crippen LogP contribution in [0.3, 0.4) is 0 Å². The van der Waals surface area contributed by atoms with Crippen LogP contribution in [0.4, 0.5) is 10.1 Å². The predicted octanol–water partition coefficient (Wildman–Crippen LogP) is 0.481. The van der Waals surface area contributed by atoms with E-state index in [0.29, 0.717) is 5.69 Å². The van der Waals surface area contributed by atoms with E-state index in [2.05, 4.69) is 5.32 Å². The molecule has 2 N–H and O–H groups in total. The van der Waals surface area contributed by atoms with Gasteiger partial charge in [-0.15, -0.1) is 0 Å². The van der Waals surface area contributed by atoms with Gasteiger partial charge in [-0.25, -0.2) is 9.18 Å². The van der Waals surface area contributed by atoms with Crippen molar-refractivity contribution in [2.75, 3.05) is 18.0 Å². The van der Waals surface area contributed by atoms with E-state index in [4.69, 9.17) is 5.11 Å². The minimum Gasteiger partial charge on any atom is -0.479 e. The molecule has 2 fully saturated rings. The van der Waals surface area contributed by atoms with Crippen molar-refractivity contribution in [3.8, 4) is 0 Å². The molecule has 0 radical (unpaired) electrons. The fraction of sp³-hybridized carbons (Fsp3) is 0.421. The molecule has 4 rings (SSSR count). The smallest absolute Gasteiger partial charge is 0.341 e. The molecule has 0 aromatic heterocycles. The van der Waals surface area contributed by atoms with Gasteiger partial charge in [-0.3, -0.25) is 29.4 Å². The number of hydrogen-bond acceptors (Lipinski definition) is 6. The summed E-state index contributed by atoms with van der Waals surface area (Å²) in [5, 5.41) is 11.2.